The first-order chi connectivity index (χ1) is 20.3. The van der Waals surface area contributed by atoms with Crippen molar-refractivity contribution >= 4 is 11.9 Å². The zero-order valence-electron chi connectivity index (χ0n) is 28.5. The number of hydrogen-bond acceptors (Lipinski definition) is 2. The molecule has 0 aliphatic heterocycles. The molecule has 2 heteroatoms. The summed E-state index contributed by atoms with van der Waals surface area (Å²) in [7, 11) is 1.68. The summed E-state index contributed by atoms with van der Waals surface area (Å²) < 4.78 is 5.40. The van der Waals surface area contributed by atoms with E-state index in [4.69, 9.17) is 4.74 Å². The van der Waals surface area contributed by atoms with Crippen molar-refractivity contribution in [2.75, 3.05) is 7.11 Å². The zero-order valence-corrected chi connectivity index (χ0v) is 28.5. The molecule has 0 fully saturated rings. The first-order valence-corrected chi connectivity index (χ1v) is 15.2. The third kappa shape index (κ3) is 15.9. The smallest absolute Gasteiger partial charge is 0.158 e. The Labute approximate surface area is 263 Å². The average molecular weight is 579 g/mol. The lowest BCUT2D eigenvalue weighted by Crippen LogP contribution is -2.23. The van der Waals surface area contributed by atoms with E-state index >= 15 is 0 Å². The van der Waals surface area contributed by atoms with Crippen LogP contribution in [-0.2, 0) is 9.53 Å². The molecule has 1 rings (SSSR count). The molecule has 0 saturated heterocycles. The quantitative estimate of drug-likeness (QED) is 0.153. The van der Waals surface area contributed by atoms with Gasteiger partial charge in [-0.2, -0.15) is 0 Å². The van der Waals surface area contributed by atoms with Gasteiger partial charge in [0.1, 0.15) is 0 Å². The fourth-order valence-electron chi connectivity index (χ4n) is 3.87. The van der Waals surface area contributed by atoms with Crippen molar-refractivity contribution in [2.45, 2.75) is 87.7 Å². The molecule has 0 radical (unpaired) electrons. The number of benzene rings is 1. The van der Waals surface area contributed by atoms with Crippen LogP contribution in [0, 0.1) is 20.8 Å². The third-order valence-corrected chi connectivity index (χ3v) is 7.54. The Kier molecular flexibility index (Phi) is 16.9. The van der Waals surface area contributed by atoms with Crippen LogP contribution in [0.3, 0.4) is 0 Å². The van der Waals surface area contributed by atoms with Gasteiger partial charge in [-0.05, 0) is 103 Å². The van der Waals surface area contributed by atoms with Crippen LogP contribution in [0.2, 0.25) is 0 Å². The van der Waals surface area contributed by atoms with Crippen molar-refractivity contribution in [3.8, 4) is 0 Å². The predicted molar refractivity (Wildman–Crippen MR) is 190 cm³/mol. The van der Waals surface area contributed by atoms with Gasteiger partial charge in [0.2, 0.25) is 0 Å². The summed E-state index contributed by atoms with van der Waals surface area (Å²) in [5, 5.41) is 0. The summed E-state index contributed by atoms with van der Waals surface area (Å²) in [6.45, 7) is 20.8. The van der Waals surface area contributed by atoms with Crippen LogP contribution in [0.1, 0.15) is 83.6 Å². The van der Waals surface area contributed by atoms with E-state index < -0.39 is 0 Å². The van der Waals surface area contributed by atoms with Gasteiger partial charge in [0, 0.05) is 13.5 Å². The maximum absolute atomic E-state index is 12.3. The maximum Gasteiger partial charge on any atom is 0.158 e. The molecular formula is C41H54O2. The number of rotatable bonds is 15. The molecule has 0 saturated carbocycles. The Bertz CT molecular complexity index is 1390. The predicted octanol–water partition coefficient (Wildman–Crippen LogP) is 11.4. The number of Topliss-reactive ketones (excluding diaryl/α,β-unsaturated/α-hetero) is 1. The number of allylic oxidation sites excluding steroid dienone is 19. The van der Waals surface area contributed by atoms with Gasteiger partial charge in [-0.3, -0.25) is 4.79 Å². The molecule has 2 nitrogen and oxygen atoms in total. The van der Waals surface area contributed by atoms with Crippen LogP contribution in [-0.4, -0.2) is 18.5 Å². The van der Waals surface area contributed by atoms with E-state index in [9.17, 15) is 4.79 Å². The van der Waals surface area contributed by atoms with E-state index in [1.807, 2.05) is 52.0 Å². The maximum atomic E-state index is 12.3. The fourth-order valence-corrected chi connectivity index (χ4v) is 3.87. The molecule has 230 valence electrons. The second kappa shape index (κ2) is 19.4. The van der Waals surface area contributed by atoms with E-state index in [0.717, 1.165) is 16.7 Å². The minimum atomic E-state index is -0.274. The molecule has 0 atom stereocenters. The third-order valence-electron chi connectivity index (χ3n) is 7.54. The van der Waals surface area contributed by atoms with Crippen molar-refractivity contribution in [1.82, 2.24) is 0 Å². The molecule has 0 N–H and O–H groups in total. The summed E-state index contributed by atoms with van der Waals surface area (Å²) in [6.07, 6.45) is 32.2. The second-order valence-electron chi connectivity index (χ2n) is 11.9. The lowest BCUT2D eigenvalue weighted by Gasteiger charge is -2.22. The molecule has 0 bridgehead atoms. The second-order valence-corrected chi connectivity index (χ2v) is 11.9. The standard InChI is InChI=1S/C41H54O2/c1-31(19-14-21-33(3)23-16-24-36(6)40(42)29-30-41(9,10)43-11)17-12-13-18-32(2)20-15-22-34(4)25-27-39-28-26-35(5)37(7)38(39)8/h12-28H,29-30H2,1-11H3/b13-12+,19-14+,20-15+,23-16+,27-25+,31-17+,32-18+,33-21+,34-22+,36-24+. The Morgan fingerprint density at radius 3 is 1.65 bits per heavy atom. The summed E-state index contributed by atoms with van der Waals surface area (Å²) in [4.78, 5) is 12.3. The summed E-state index contributed by atoms with van der Waals surface area (Å²) in [6, 6.07) is 4.38. The Balaban J connectivity index is 2.60. The van der Waals surface area contributed by atoms with Gasteiger partial charge < -0.3 is 4.74 Å². The van der Waals surface area contributed by atoms with Gasteiger partial charge in [0.05, 0.1) is 5.60 Å². The van der Waals surface area contributed by atoms with E-state index in [1.165, 1.54) is 33.4 Å². The number of aryl methyl sites for hydroxylation is 1. The number of ketones is 1. The van der Waals surface area contributed by atoms with Crippen molar-refractivity contribution in [2.24, 2.45) is 0 Å². The van der Waals surface area contributed by atoms with E-state index in [1.54, 1.807) is 7.11 Å². The van der Waals surface area contributed by atoms with Crippen LogP contribution in [0.4, 0.5) is 0 Å². The fraction of sp³-hybridized carbons (Fsp3) is 0.341. The molecule has 1 aromatic rings. The molecule has 0 amide bonds. The molecule has 0 aliphatic carbocycles. The number of ether oxygens (including phenoxy) is 1. The largest absolute Gasteiger partial charge is 0.379 e. The Morgan fingerprint density at radius 2 is 1.14 bits per heavy atom. The summed E-state index contributed by atoms with van der Waals surface area (Å²) in [5.41, 5.74) is 10.5. The van der Waals surface area contributed by atoms with Gasteiger partial charge in [0.25, 0.3) is 0 Å². The van der Waals surface area contributed by atoms with E-state index in [0.29, 0.717) is 12.8 Å². The lowest BCUT2D eigenvalue weighted by atomic mass is 9.98. The van der Waals surface area contributed by atoms with Crippen LogP contribution in [0.15, 0.2) is 125 Å². The highest BCUT2D eigenvalue weighted by Gasteiger charge is 2.18. The molecule has 0 aliphatic rings. The highest BCUT2D eigenvalue weighted by molar-refractivity contribution is 5.95. The van der Waals surface area contributed by atoms with Crippen LogP contribution < -0.4 is 0 Å². The van der Waals surface area contributed by atoms with Gasteiger partial charge in [-0.1, -0.05) is 126 Å². The normalized spacial score (nSPS) is 15.0. The lowest BCUT2D eigenvalue weighted by molar-refractivity contribution is -0.116. The van der Waals surface area contributed by atoms with Crippen molar-refractivity contribution in [3.63, 3.8) is 0 Å². The molecule has 1 aromatic carbocycles. The molecule has 0 aromatic heterocycles. The van der Waals surface area contributed by atoms with Crippen LogP contribution in [0.5, 0.6) is 0 Å². The first-order valence-electron chi connectivity index (χ1n) is 15.2. The van der Waals surface area contributed by atoms with Crippen LogP contribution >= 0.6 is 0 Å². The summed E-state index contributed by atoms with van der Waals surface area (Å²) in [5.74, 6) is 0.158. The minimum Gasteiger partial charge on any atom is -0.379 e. The van der Waals surface area contributed by atoms with Crippen molar-refractivity contribution < 1.29 is 9.53 Å². The number of methoxy groups -OCH3 is 1. The minimum absolute atomic E-state index is 0.158. The molecule has 0 heterocycles. The average Bonchev–Trinajstić information content (AvgIpc) is 2.96. The topological polar surface area (TPSA) is 26.3 Å². The number of carbonyl (C=O) groups excluding carboxylic acids is 1. The highest BCUT2D eigenvalue weighted by atomic mass is 16.5. The monoisotopic (exact) mass is 578 g/mol. The zero-order chi connectivity index (χ0) is 32.4. The Hall–Kier alpha value is -3.75. The van der Waals surface area contributed by atoms with Gasteiger partial charge >= 0.3 is 0 Å². The van der Waals surface area contributed by atoms with E-state index in [-0.39, 0.29) is 11.4 Å². The Morgan fingerprint density at radius 1 is 0.674 bits per heavy atom. The van der Waals surface area contributed by atoms with Gasteiger partial charge in [0.15, 0.2) is 5.78 Å². The molecule has 0 spiro atoms. The van der Waals surface area contributed by atoms with Gasteiger partial charge in [-0.15, -0.1) is 0 Å². The first kappa shape index (κ1) is 37.3. The summed E-state index contributed by atoms with van der Waals surface area (Å²) >= 11 is 0. The number of hydrogen-bond donors (Lipinski definition) is 0. The van der Waals surface area contributed by atoms with Crippen molar-refractivity contribution in [3.05, 3.63) is 147 Å². The highest BCUT2D eigenvalue weighted by Crippen LogP contribution is 2.19. The SMILES string of the molecule is COC(C)(C)CCC(=O)/C(C)=C/C=C/C(C)=C/C=C/C(C)=C/C=C/C=C(C)/C=C/C=C(C)/C=C/c1ccc(C)c(C)c1C. The number of carbonyl (C=O) groups is 1. The van der Waals surface area contributed by atoms with Crippen LogP contribution in [0.25, 0.3) is 6.08 Å². The molecule has 0 unspecified atom stereocenters. The molecular weight excluding hydrogens is 524 g/mol. The molecule has 43 heavy (non-hydrogen) atoms. The van der Waals surface area contributed by atoms with Gasteiger partial charge in [-0.25, -0.2) is 0 Å². The van der Waals surface area contributed by atoms with Crippen molar-refractivity contribution in [1.29, 1.82) is 0 Å². The van der Waals surface area contributed by atoms with E-state index in [2.05, 4.69) is 121 Å².